The van der Waals surface area contributed by atoms with Crippen LogP contribution in [0.25, 0.3) is 10.9 Å². The van der Waals surface area contributed by atoms with Gasteiger partial charge in [0.1, 0.15) is 5.01 Å². The molecule has 0 spiro atoms. The van der Waals surface area contributed by atoms with Gasteiger partial charge in [-0.25, -0.2) is 4.98 Å². The lowest BCUT2D eigenvalue weighted by Crippen LogP contribution is -2.21. The van der Waals surface area contributed by atoms with Gasteiger partial charge >= 0.3 is 0 Å². The smallest absolute Gasteiger partial charge is 0.114 e. The SMILES string of the molecule is CCNC(c1ccc2ncccc2c1)c1nccs1. The summed E-state index contributed by atoms with van der Waals surface area (Å²) < 4.78 is 0. The van der Waals surface area contributed by atoms with E-state index in [0.29, 0.717) is 0 Å². The Morgan fingerprint density at radius 1 is 1.21 bits per heavy atom. The number of pyridine rings is 1. The number of nitrogens with zero attached hydrogens (tertiary/aromatic N) is 2. The first-order valence-electron chi connectivity index (χ1n) is 6.36. The van der Waals surface area contributed by atoms with E-state index in [4.69, 9.17) is 0 Å². The van der Waals surface area contributed by atoms with Gasteiger partial charge in [-0.15, -0.1) is 11.3 Å². The first-order valence-corrected chi connectivity index (χ1v) is 7.24. The number of benzene rings is 1. The van der Waals surface area contributed by atoms with Crippen molar-refractivity contribution in [2.24, 2.45) is 0 Å². The van der Waals surface area contributed by atoms with Gasteiger partial charge in [-0.3, -0.25) is 4.98 Å². The summed E-state index contributed by atoms with van der Waals surface area (Å²) in [5.41, 5.74) is 2.26. The minimum absolute atomic E-state index is 0.162. The Kier molecular flexibility index (Phi) is 3.53. The van der Waals surface area contributed by atoms with E-state index in [1.165, 1.54) is 10.9 Å². The third-order valence-electron chi connectivity index (χ3n) is 3.07. The molecule has 2 aromatic heterocycles. The Morgan fingerprint density at radius 3 is 2.95 bits per heavy atom. The van der Waals surface area contributed by atoms with Gasteiger partial charge in [-0.1, -0.05) is 19.1 Å². The van der Waals surface area contributed by atoms with E-state index < -0.39 is 0 Å². The topological polar surface area (TPSA) is 37.8 Å². The molecule has 0 aliphatic carbocycles. The predicted octanol–water partition coefficient (Wildman–Crippen LogP) is 3.39. The average molecular weight is 269 g/mol. The number of hydrogen-bond acceptors (Lipinski definition) is 4. The van der Waals surface area contributed by atoms with Crippen LogP contribution in [0.5, 0.6) is 0 Å². The van der Waals surface area contributed by atoms with Gasteiger partial charge < -0.3 is 5.32 Å². The molecule has 1 N–H and O–H groups in total. The Bertz CT molecular complexity index is 664. The summed E-state index contributed by atoms with van der Waals surface area (Å²) >= 11 is 1.68. The van der Waals surface area contributed by atoms with E-state index in [9.17, 15) is 0 Å². The van der Waals surface area contributed by atoms with Gasteiger partial charge in [-0.2, -0.15) is 0 Å². The van der Waals surface area contributed by atoms with Crippen LogP contribution >= 0.6 is 11.3 Å². The highest BCUT2D eigenvalue weighted by atomic mass is 32.1. The lowest BCUT2D eigenvalue weighted by atomic mass is 10.0. The molecule has 4 heteroatoms. The van der Waals surface area contributed by atoms with Crippen molar-refractivity contribution in [2.75, 3.05) is 6.54 Å². The number of rotatable bonds is 4. The molecule has 1 aromatic carbocycles. The van der Waals surface area contributed by atoms with Crippen molar-refractivity contribution >= 4 is 22.2 Å². The zero-order valence-corrected chi connectivity index (χ0v) is 11.5. The molecule has 0 saturated heterocycles. The van der Waals surface area contributed by atoms with Crippen LogP contribution in [0, 0.1) is 0 Å². The zero-order valence-electron chi connectivity index (χ0n) is 10.7. The van der Waals surface area contributed by atoms with Crippen LogP contribution in [-0.4, -0.2) is 16.5 Å². The predicted molar refractivity (Wildman–Crippen MR) is 79.4 cm³/mol. The summed E-state index contributed by atoms with van der Waals surface area (Å²) in [6.45, 7) is 3.03. The van der Waals surface area contributed by atoms with E-state index in [1.807, 2.05) is 23.8 Å². The fraction of sp³-hybridized carbons (Fsp3) is 0.200. The van der Waals surface area contributed by atoms with Gasteiger partial charge in [0, 0.05) is 23.2 Å². The van der Waals surface area contributed by atoms with Crippen LogP contribution in [0.4, 0.5) is 0 Å². The molecule has 0 radical (unpaired) electrons. The first kappa shape index (κ1) is 12.3. The highest BCUT2D eigenvalue weighted by Gasteiger charge is 2.15. The van der Waals surface area contributed by atoms with Crippen LogP contribution in [0.15, 0.2) is 48.1 Å². The van der Waals surface area contributed by atoms with E-state index >= 15 is 0 Å². The van der Waals surface area contributed by atoms with Crippen molar-refractivity contribution in [1.29, 1.82) is 0 Å². The second kappa shape index (κ2) is 5.47. The molecule has 1 unspecified atom stereocenters. The minimum atomic E-state index is 0.162. The molecule has 0 fully saturated rings. The summed E-state index contributed by atoms with van der Waals surface area (Å²) in [5, 5.41) is 7.78. The minimum Gasteiger partial charge on any atom is -0.305 e. The van der Waals surface area contributed by atoms with E-state index in [0.717, 1.165) is 17.1 Å². The van der Waals surface area contributed by atoms with Gasteiger partial charge in [-0.05, 0) is 30.3 Å². The monoisotopic (exact) mass is 269 g/mol. The average Bonchev–Trinajstić information content (AvgIpc) is 2.98. The molecule has 0 amide bonds. The van der Waals surface area contributed by atoms with Crippen molar-refractivity contribution in [1.82, 2.24) is 15.3 Å². The maximum atomic E-state index is 4.43. The van der Waals surface area contributed by atoms with E-state index in [1.54, 1.807) is 11.3 Å². The maximum Gasteiger partial charge on any atom is 0.114 e. The molecule has 0 bridgehead atoms. The van der Waals surface area contributed by atoms with E-state index in [-0.39, 0.29) is 6.04 Å². The number of aromatic nitrogens is 2. The lowest BCUT2D eigenvalue weighted by Gasteiger charge is -2.16. The molecular weight excluding hydrogens is 254 g/mol. The molecular formula is C15H15N3S. The second-order valence-electron chi connectivity index (χ2n) is 4.32. The van der Waals surface area contributed by atoms with Gasteiger partial charge in [0.05, 0.1) is 11.6 Å². The molecule has 0 saturated carbocycles. The van der Waals surface area contributed by atoms with Crippen LogP contribution in [0.1, 0.15) is 23.5 Å². The maximum absolute atomic E-state index is 4.43. The largest absolute Gasteiger partial charge is 0.305 e. The number of hydrogen-bond donors (Lipinski definition) is 1. The lowest BCUT2D eigenvalue weighted by molar-refractivity contribution is 0.628. The number of fused-ring (bicyclic) bond motifs is 1. The molecule has 3 nitrogen and oxygen atoms in total. The fourth-order valence-corrected chi connectivity index (χ4v) is 2.94. The van der Waals surface area contributed by atoms with Crippen molar-refractivity contribution in [2.45, 2.75) is 13.0 Å². The van der Waals surface area contributed by atoms with Crippen molar-refractivity contribution in [3.63, 3.8) is 0 Å². The highest BCUT2D eigenvalue weighted by molar-refractivity contribution is 7.09. The van der Waals surface area contributed by atoms with E-state index in [2.05, 4.69) is 46.5 Å². The quantitative estimate of drug-likeness (QED) is 0.789. The molecule has 1 atom stereocenters. The summed E-state index contributed by atoms with van der Waals surface area (Å²) in [7, 11) is 0. The Morgan fingerprint density at radius 2 is 2.16 bits per heavy atom. The van der Waals surface area contributed by atoms with Crippen LogP contribution in [0.3, 0.4) is 0 Å². The van der Waals surface area contributed by atoms with Crippen molar-refractivity contribution in [3.8, 4) is 0 Å². The number of thiazole rings is 1. The third kappa shape index (κ3) is 2.50. The molecule has 0 aliphatic heterocycles. The molecule has 96 valence electrons. The molecule has 19 heavy (non-hydrogen) atoms. The summed E-state index contributed by atoms with van der Waals surface area (Å²) in [5.74, 6) is 0. The summed E-state index contributed by atoms with van der Waals surface area (Å²) in [6, 6.07) is 10.6. The third-order valence-corrected chi connectivity index (χ3v) is 3.91. The first-order chi connectivity index (χ1) is 9.38. The Hall–Kier alpha value is -1.78. The fourth-order valence-electron chi connectivity index (χ4n) is 2.20. The van der Waals surface area contributed by atoms with Crippen LogP contribution in [0.2, 0.25) is 0 Å². The normalized spacial score (nSPS) is 12.7. The number of nitrogens with one attached hydrogen (secondary N) is 1. The molecule has 3 rings (SSSR count). The van der Waals surface area contributed by atoms with Crippen molar-refractivity contribution in [3.05, 3.63) is 58.7 Å². The Labute approximate surface area is 116 Å². The molecule has 2 heterocycles. The van der Waals surface area contributed by atoms with Crippen LogP contribution < -0.4 is 5.32 Å². The standard InChI is InChI=1S/C15H15N3S/c1-2-16-14(15-18-8-9-19-15)12-5-6-13-11(10-12)4-3-7-17-13/h3-10,14,16H,2H2,1H3. The van der Waals surface area contributed by atoms with Crippen molar-refractivity contribution < 1.29 is 0 Å². The van der Waals surface area contributed by atoms with Crippen LogP contribution in [-0.2, 0) is 0 Å². The highest BCUT2D eigenvalue weighted by Crippen LogP contribution is 2.26. The summed E-state index contributed by atoms with van der Waals surface area (Å²) in [4.78, 5) is 8.79. The second-order valence-corrected chi connectivity index (χ2v) is 5.24. The summed E-state index contributed by atoms with van der Waals surface area (Å²) in [6.07, 6.45) is 3.68. The van der Waals surface area contributed by atoms with Gasteiger partial charge in [0.15, 0.2) is 0 Å². The zero-order chi connectivity index (χ0) is 13.1. The molecule has 0 aliphatic rings. The Balaban J connectivity index is 2.05. The van der Waals surface area contributed by atoms with Gasteiger partial charge in [0.25, 0.3) is 0 Å². The molecule has 3 aromatic rings. The van der Waals surface area contributed by atoms with Gasteiger partial charge in [0.2, 0.25) is 0 Å².